The van der Waals surface area contributed by atoms with Crippen molar-refractivity contribution in [1.82, 2.24) is 10.3 Å². The van der Waals surface area contributed by atoms with Crippen LogP contribution in [0, 0.1) is 6.92 Å². The summed E-state index contributed by atoms with van der Waals surface area (Å²) < 4.78 is 5.20. The molecule has 162 valence electrons. The molecule has 0 atom stereocenters. The van der Waals surface area contributed by atoms with Crippen LogP contribution in [-0.4, -0.2) is 22.4 Å². The lowest BCUT2D eigenvalue weighted by Crippen LogP contribution is -2.34. The molecule has 1 N–H and O–H groups in total. The number of carbonyl (C=O) groups is 2. The monoisotopic (exact) mass is 436 g/mol. The van der Waals surface area contributed by atoms with E-state index in [0.717, 1.165) is 29.5 Å². The Labute approximate surface area is 187 Å². The topological polar surface area (TPSA) is 68.3 Å². The second-order valence-electron chi connectivity index (χ2n) is 9.62. The van der Waals surface area contributed by atoms with Crippen molar-refractivity contribution in [3.8, 4) is 5.88 Å². The lowest BCUT2D eigenvalue weighted by molar-refractivity contribution is -0.107. The third-order valence-corrected chi connectivity index (χ3v) is 7.24. The molecule has 6 heteroatoms. The molecule has 31 heavy (non-hydrogen) atoms. The molecule has 0 unspecified atom stereocenters. The summed E-state index contributed by atoms with van der Waals surface area (Å²) in [5.74, 6) is 0.495. The fraction of sp³-hybridized carbons (Fsp3) is 0.400. The quantitative estimate of drug-likeness (QED) is 0.645. The van der Waals surface area contributed by atoms with Crippen molar-refractivity contribution in [1.29, 1.82) is 0 Å². The fourth-order valence-electron chi connectivity index (χ4n) is 4.55. The van der Waals surface area contributed by atoms with Gasteiger partial charge in [0.25, 0.3) is 5.24 Å². The Morgan fingerprint density at radius 2 is 1.71 bits per heavy atom. The SMILES string of the molecule is COc1ccc(C(=C2NC(=O)SC2=O)c2cc3c(cc2C)C(C)(C)CCC3(C)C)cn1. The van der Waals surface area contributed by atoms with Crippen LogP contribution in [0.25, 0.3) is 5.57 Å². The largest absolute Gasteiger partial charge is 0.481 e. The number of methoxy groups -OCH3 is 1. The second-order valence-corrected chi connectivity index (χ2v) is 10.6. The average molecular weight is 437 g/mol. The molecule has 2 heterocycles. The number of thioether (sulfide) groups is 1. The lowest BCUT2D eigenvalue weighted by Gasteiger charge is -2.42. The van der Waals surface area contributed by atoms with Gasteiger partial charge in [-0.2, -0.15) is 0 Å². The number of rotatable bonds is 3. The van der Waals surface area contributed by atoms with E-state index >= 15 is 0 Å². The van der Waals surface area contributed by atoms with Gasteiger partial charge in [0.05, 0.1) is 7.11 Å². The smallest absolute Gasteiger partial charge is 0.291 e. The highest BCUT2D eigenvalue weighted by molar-refractivity contribution is 8.27. The Morgan fingerprint density at radius 1 is 1.06 bits per heavy atom. The van der Waals surface area contributed by atoms with E-state index in [1.165, 1.54) is 11.1 Å². The minimum atomic E-state index is -0.351. The molecule has 1 aliphatic heterocycles. The standard InChI is InChI=1S/C25H28N2O3S/c1-14-11-17-18(25(4,5)10-9-24(17,2)3)12-16(14)20(21-22(28)31-23(29)27-21)15-7-8-19(30-6)26-13-15/h7-8,11-13H,9-10H2,1-6H3,(H,27,29). The van der Waals surface area contributed by atoms with Gasteiger partial charge in [-0.25, -0.2) is 4.98 Å². The maximum absolute atomic E-state index is 12.7. The number of fused-ring (bicyclic) bond motifs is 1. The zero-order valence-electron chi connectivity index (χ0n) is 18.9. The highest BCUT2D eigenvalue weighted by Gasteiger charge is 2.38. The molecular weight excluding hydrogens is 408 g/mol. The van der Waals surface area contributed by atoms with Gasteiger partial charge in [0.1, 0.15) is 5.70 Å². The number of benzene rings is 1. The maximum Gasteiger partial charge on any atom is 0.291 e. The molecule has 2 aromatic rings. The molecule has 1 aliphatic carbocycles. The number of hydrogen-bond acceptors (Lipinski definition) is 5. The second kappa shape index (κ2) is 7.52. The summed E-state index contributed by atoms with van der Waals surface area (Å²) in [7, 11) is 1.57. The van der Waals surface area contributed by atoms with Gasteiger partial charge in [-0.1, -0.05) is 33.8 Å². The van der Waals surface area contributed by atoms with Crippen molar-refractivity contribution in [2.75, 3.05) is 7.11 Å². The predicted molar refractivity (Wildman–Crippen MR) is 124 cm³/mol. The first-order chi connectivity index (χ1) is 14.5. The van der Waals surface area contributed by atoms with Crippen molar-refractivity contribution in [3.63, 3.8) is 0 Å². The molecule has 0 bridgehead atoms. The molecule has 0 radical (unpaired) electrons. The Kier molecular flexibility index (Phi) is 5.24. The third kappa shape index (κ3) is 3.78. The first-order valence-corrected chi connectivity index (χ1v) is 11.3. The van der Waals surface area contributed by atoms with Gasteiger partial charge < -0.3 is 10.1 Å². The van der Waals surface area contributed by atoms with E-state index in [4.69, 9.17) is 4.74 Å². The lowest BCUT2D eigenvalue weighted by atomic mass is 9.62. The van der Waals surface area contributed by atoms with E-state index in [9.17, 15) is 9.59 Å². The minimum absolute atomic E-state index is 0.0267. The van der Waals surface area contributed by atoms with Gasteiger partial charge in [-0.15, -0.1) is 0 Å². The maximum atomic E-state index is 12.7. The number of amides is 1. The van der Waals surface area contributed by atoms with E-state index in [1.54, 1.807) is 19.4 Å². The molecule has 1 saturated heterocycles. The van der Waals surface area contributed by atoms with Crippen LogP contribution in [-0.2, 0) is 15.6 Å². The number of nitrogens with zero attached hydrogens (tertiary/aromatic N) is 1. The van der Waals surface area contributed by atoms with Gasteiger partial charge in [0.2, 0.25) is 11.0 Å². The summed E-state index contributed by atoms with van der Waals surface area (Å²) in [4.78, 5) is 29.0. The summed E-state index contributed by atoms with van der Waals surface area (Å²) in [5, 5.41) is 2.15. The summed E-state index contributed by atoms with van der Waals surface area (Å²) in [6, 6.07) is 8.13. The molecule has 1 aromatic carbocycles. The number of carbonyl (C=O) groups excluding carboxylic acids is 2. The highest BCUT2D eigenvalue weighted by Crippen LogP contribution is 2.48. The Bertz CT molecular complexity index is 1110. The van der Waals surface area contributed by atoms with Crippen LogP contribution in [0.2, 0.25) is 0 Å². The number of pyridine rings is 1. The minimum Gasteiger partial charge on any atom is -0.481 e. The normalized spacial score (nSPS) is 20.8. The van der Waals surface area contributed by atoms with E-state index in [-0.39, 0.29) is 21.2 Å². The van der Waals surface area contributed by atoms with Crippen LogP contribution in [0.5, 0.6) is 5.88 Å². The summed E-state index contributed by atoms with van der Waals surface area (Å²) in [6.45, 7) is 11.2. The number of hydrogen-bond donors (Lipinski definition) is 1. The molecule has 1 aromatic heterocycles. The number of aryl methyl sites for hydroxylation is 1. The Hall–Kier alpha value is -2.60. The van der Waals surface area contributed by atoms with Crippen LogP contribution in [0.1, 0.15) is 68.4 Å². The predicted octanol–water partition coefficient (Wildman–Crippen LogP) is 5.49. The van der Waals surface area contributed by atoms with Crippen molar-refractivity contribution < 1.29 is 14.3 Å². The molecule has 5 nitrogen and oxygen atoms in total. The molecular formula is C25H28N2O3S. The van der Waals surface area contributed by atoms with Gasteiger partial charge in [-0.3, -0.25) is 9.59 Å². The average Bonchev–Trinajstić information content (AvgIpc) is 3.05. The van der Waals surface area contributed by atoms with E-state index in [0.29, 0.717) is 28.9 Å². The zero-order valence-corrected chi connectivity index (χ0v) is 19.7. The molecule has 0 saturated carbocycles. The van der Waals surface area contributed by atoms with Crippen molar-refractivity contribution in [2.24, 2.45) is 0 Å². The van der Waals surface area contributed by atoms with Crippen LogP contribution >= 0.6 is 11.8 Å². The van der Waals surface area contributed by atoms with Crippen molar-refractivity contribution in [2.45, 2.75) is 58.3 Å². The number of aromatic nitrogens is 1. The molecule has 1 amide bonds. The highest BCUT2D eigenvalue weighted by atomic mass is 32.2. The molecule has 4 rings (SSSR count). The molecule has 1 fully saturated rings. The molecule has 0 spiro atoms. The van der Waals surface area contributed by atoms with E-state index < -0.39 is 0 Å². The van der Waals surface area contributed by atoms with E-state index in [2.05, 4.69) is 57.1 Å². The molecule has 2 aliphatic rings. The van der Waals surface area contributed by atoms with Crippen LogP contribution in [0.15, 0.2) is 36.2 Å². The zero-order chi connectivity index (χ0) is 22.6. The van der Waals surface area contributed by atoms with Crippen molar-refractivity contribution in [3.05, 3.63) is 64.0 Å². The first-order valence-electron chi connectivity index (χ1n) is 10.5. The number of ether oxygens (including phenoxy) is 1. The first kappa shape index (κ1) is 21.6. The number of nitrogens with one attached hydrogen (secondary N) is 1. The van der Waals surface area contributed by atoms with Gasteiger partial charge in [0.15, 0.2) is 0 Å². The van der Waals surface area contributed by atoms with Crippen LogP contribution in [0.4, 0.5) is 4.79 Å². The van der Waals surface area contributed by atoms with Crippen LogP contribution in [0.3, 0.4) is 0 Å². The van der Waals surface area contributed by atoms with E-state index in [1.807, 2.05) is 6.07 Å². The third-order valence-electron chi connectivity index (χ3n) is 6.57. The Morgan fingerprint density at radius 3 is 2.23 bits per heavy atom. The Balaban J connectivity index is 2.00. The van der Waals surface area contributed by atoms with Gasteiger partial charge in [0, 0.05) is 35.2 Å². The van der Waals surface area contributed by atoms with Gasteiger partial charge in [-0.05, 0) is 65.0 Å². The van der Waals surface area contributed by atoms with Gasteiger partial charge >= 0.3 is 0 Å². The summed E-state index contributed by atoms with van der Waals surface area (Å²) in [5.41, 5.74) is 6.59. The summed E-state index contributed by atoms with van der Waals surface area (Å²) in [6.07, 6.45) is 3.92. The fourth-order valence-corrected chi connectivity index (χ4v) is 5.13. The van der Waals surface area contributed by atoms with Crippen molar-refractivity contribution >= 4 is 27.7 Å². The summed E-state index contributed by atoms with van der Waals surface area (Å²) >= 11 is 0.696. The van der Waals surface area contributed by atoms with Crippen LogP contribution < -0.4 is 10.1 Å².